The number of carbonyl (C=O) groups excluding carboxylic acids is 2. The van der Waals surface area contributed by atoms with Crippen LogP contribution >= 0.6 is 0 Å². The standard InChI is InChI=1S/C21H25N3O2/c1-4-19-21(26)22-12-13-23(19)20(25)11-10-17-14-15(2)24(16(17)3)18-8-6-5-7-9-18/h5-11,14,19H,4,12-13H2,1-3H3,(H,22,26)/b11-10+. The van der Waals surface area contributed by atoms with E-state index in [4.69, 9.17) is 0 Å². The van der Waals surface area contributed by atoms with Crippen molar-refractivity contribution in [3.63, 3.8) is 0 Å². The number of para-hydroxylation sites is 1. The van der Waals surface area contributed by atoms with Gasteiger partial charge in [-0.15, -0.1) is 0 Å². The Morgan fingerprint density at radius 3 is 2.69 bits per heavy atom. The highest BCUT2D eigenvalue weighted by Crippen LogP contribution is 2.22. The van der Waals surface area contributed by atoms with Crippen LogP contribution in [0, 0.1) is 13.8 Å². The third kappa shape index (κ3) is 3.43. The van der Waals surface area contributed by atoms with Crippen LogP contribution in [0.5, 0.6) is 0 Å². The lowest BCUT2D eigenvalue weighted by Gasteiger charge is -2.33. The molecule has 0 saturated carbocycles. The molecule has 0 spiro atoms. The summed E-state index contributed by atoms with van der Waals surface area (Å²) in [4.78, 5) is 26.2. The van der Waals surface area contributed by atoms with Gasteiger partial charge in [0.05, 0.1) is 0 Å². The lowest BCUT2D eigenvalue weighted by molar-refractivity contribution is -0.140. The van der Waals surface area contributed by atoms with Crippen molar-refractivity contribution >= 4 is 17.9 Å². The van der Waals surface area contributed by atoms with Crippen molar-refractivity contribution in [3.05, 3.63) is 59.4 Å². The predicted molar refractivity (Wildman–Crippen MR) is 103 cm³/mol. The van der Waals surface area contributed by atoms with Crippen molar-refractivity contribution in [2.75, 3.05) is 13.1 Å². The molecular formula is C21H25N3O2. The van der Waals surface area contributed by atoms with E-state index in [0.29, 0.717) is 19.5 Å². The summed E-state index contributed by atoms with van der Waals surface area (Å²) in [5, 5.41) is 2.82. The Kier molecular flexibility index (Phi) is 5.26. The first-order valence-electron chi connectivity index (χ1n) is 9.03. The first-order chi connectivity index (χ1) is 12.5. The smallest absolute Gasteiger partial charge is 0.247 e. The maximum atomic E-state index is 12.6. The van der Waals surface area contributed by atoms with Crippen LogP contribution in [0.15, 0.2) is 42.5 Å². The molecule has 2 aromatic rings. The summed E-state index contributed by atoms with van der Waals surface area (Å²) in [6, 6.07) is 11.9. The van der Waals surface area contributed by atoms with Gasteiger partial charge in [-0.3, -0.25) is 9.59 Å². The van der Waals surface area contributed by atoms with E-state index in [1.807, 2.05) is 38.1 Å². The van der Waals surface area contributed by atoms with Crippen molar-refractivity contribution < 1.29 is 9.59 Å². The Balaban J connectivity index is 1.83. The number of nitrogens with one attached hydrogen (secondary N) is 1. The molecule has 26 heavy (non-hydrogen) atoms. The van der Waals surface area contributed by atoms with Crippen LogP contribution in [0.3, 0.4) is 0 Å². The molecule has 5 nitrogen and oxygen atoms in total. The van der Waals surface area contributed by atoms with Crippen molar-refractivity contribution in [3.8, 4) is 5.69 Å². The molecule has 2 heterocycles. The molecule has 5 heteroatoms. The summed E-state index contributed by atoms with van der Waals surface area (Å²) >= 11 is 0. The van der Waals surface area contributed by atoms with Gasteiger partial charge in [0, 0.05) is 36.2 Å². The van der Waals surface area contributed by atoms with Gasteiger partial charge in [0.1, 0.15) is 6.04 Å². The van der Waals surface area contributed by atoms with Crippen molar-refractivity contribution in [2.45, 2.75) is 33.2 Å². The fourth-order valence-corrected chi connectivity index (χ4v) is 3.57. The van der Waals surface area contributed by atoms with Gasteiger partial charge in [-0.25, -0.2) is 0 Å². The second kappa shape index (κ2) is 7.60. The number of benzene rings is 1. The number of hydrogen-bond donors (Lipinski definition) is 1. The Morgan fingerprint density at radius 1 is 1.27 bits per heavy atom. The zero-order valence-electron chi connectivity index (χ0n) is 15.5. The summed E-state index contributed by atoms with van der Waals surface area (Å²) < 4.78 is 2.17. The van der Waals surface area contributed by atoms with E-state index in [9.17, 15) is 9.59 Å². The fourth-order valence-electron chi connectivity index (χ4n) is 3.57. The van der Waals surface area contributed by atoms with E-state index >= 15 is 0 Å². The number of aryl methyl sites for hydroxylation is 1. The van der Waals surface area contributed by atoms with Gasteiger partial charge in [-0.2, -0.15) is 0 Å². The number of rotatable bonds is 4. The molecule has 2 amide bonds. The van der Waals surface area contributed by atoms with Crippen molar-refractivity contribution in [1.82, 2.24) is 14.8 Å². The summed E-state index contributed by atoms with van der Waals surface area (Å²) in [5.41, 5.74) is 4.31. The van der Waals surface area contributed by atoms with Crippen LogP contribution in [0.1, 0.15) is 30.3 Å². The lowest BCUT2D eigenvalue weighted by Crippen LogP contribution is -2.56. The molecule has 0 bridgehead atoms. The first-order valence-corrected chi connectivity index (χ1v) is 9.03. The molecule has 1 atom stereocenters. The zero-order chi connectivity index (χ0) is 18.7. The van der Waals surface area contributed by atoms with Gasteiger partial charge in [0.2, 0.25) is 11.8 Å². The van der Waals surface area contributed by atoms with Crippen molar-refractivity contribution in [2.24, 2.45) is 0 Å². The van der Waals surface area contributed by atoms with E-state index in [1.54, 1.807) is 11.0 Å². The highest BCUT2D eigenvalue weighted by molar-refractivity contribution is 5.96. The molecule has 0 aliphatic carbocycles. The maximum absolute atomic E-state index is 12.6. The normalized spacial score (nSPS) is 17.6. The second-order valence-electron chi connectivity index (χ2n) is 6.58. The maximum Gasteiger partial charge on any atom is 0.247 e. The van der Waals surface area contributed by atoms with Gasteiger partial charge in [-0.1, -0.05) is 25.1 Å². The SMILES string of the molecule is CCC1C(=O)NCCN1C(=O)/C=C/c1cc(C)n(-c2ccccc2)c1C. The summed E-state index contributed by atoms with van der Waals surface area (Å²) in [7, 11) is 0. The van der Waals surface area contributed by atoms with Crippen LogP contribution in [0.4, 0.5) is 0 Å². The van der Waals surface area contributed by atoms with Gasteiger partial charge in [-0.05, 0) is 50.1 Å². The van der Waals surface area contributed by atoms with Crippen LogP contribution in [-0.4, -0.2) is 40.4 Å². The minimum absolute atomic E-state index is 0.0669. The Labute approximate surface area is 154 Å². The van der Waals surface area contributed by atoms with E-state index in [-0.39, 0.29) is 17.9 Å². The topological polar surface area (TPSA) is 54.3 Å². The fraction of sp³-hybridized carbons (Fsp3) is 0.333. The minimum atomic E-state index is -0.377. The molecule has 1 N–H and O–H groups in total. The monoisotopic (exact) mass is 351 g/mol. The van der Waals surface area contributed by atoms with Gasteiger partial charge < -0.3 is 14.8 Å². The number of carbonyl (C=O) groups is 2. The number of aromatic nitrogens is 1. The van der Waals surface area contributed by atoms with Crippen LogP contribution in [0.2, 0.25) is 0 Å². The summed E-state index contributed by atoms with van der Waals surface area (Å²) in [5.74, 6) is -0.182. The Bertz CT molecular complexity index is 836. The average molecular weight is 351 g/mol. The van der Waals surface area contributed by atoms with Gasteiger partial charge >= 0.3 is 0 Å². The van der Waals surface area contributed by atoms with Crippen LogP contribution in [0.25, 0.3) is 11.8 Å². The number of hydrogen-bond acceptors (Lipinski definition) is 2. The molecule has 0 radical (unpaired) electrons. The molecule has 1 fully saturated rings. The molecule has 1 aromatic heterocycles. The van der Waals surface area contributed by atoms with Crippen LogP contribution < -0.4 is 5.32 Å². The van der Waals surface area contributed by atoms with Crippen molar-refractivity contribution in [1.29, 1.82) is 0 Å². The molecule has 1 aliphatic heterocycles. The number of nitrogens with zero attached hydrogens (tertiary/aromatic N) is 2. The minimum Gasteiger partial charge on any atom is -0.353 e. The van der Waals surface area contributed by atoms with E-state index in [0.717, 1.165) is 22.6 Å². The second-order valence-corrected chi connectivity index (χ2v) is 6.58. The zero-order valence-corrected chi connectivity index (χ0v) is 15.5. The molecule has 1 aromatic carbocycles. The van der Waals surface area contributed by atoms with Gasteiger partial charge in [0.25, 0.3) is 0 Å². The number of piperazine rings is 1. The molecule has 1 unspecified atom stereocenters. The molecular weight excluding hydrogens is 326 g/mol. The molecule has 3 rings (SSSR count). The average Bonchev–Trinajstić information content (AvgIpc) is 2.93. The van der Waals surface area contributed by atoms with Crippen LogP contribution in [-0.2, 0) is 9.59 Å². The highest BCUT2D eigenvalue weighted by atomic mass is 16.2. The molecule has 1 aliphatic rings. The Morgan fingerprint density at radius 2 is 2.00 bits per heavy atom. The molecule has 1 saturated heterocycles. The van der Waals surface area contributed by atoms with E-state index in [2.05, 4.69) is 35.0 Å². The summed E-state index contributed by atoms with van der Waals surface area (Å²) in [6.07, 6.45) is 4.05. The predicted octanol–water partition coefficient (Wildman–Crippen LogP) is 2.84. The van der Waals surface area contributed by atoms with E-state index in [1.165, 1.54) is 0 Å². The van der Waals surface area contributed by atoms with Gasteiger partial charge in [0.15, 0.2) is 0 Å². The molecule has 136 valence electrons. The number of amides is 2. The van der Waals surface area contributed by atoms with E-state index < -0.39 is 0 Å². The third-order valence-corrected chi connectivity index (χ3v) is 4.89. The summed E-state index contributed by atoms with van der Waals surface area (Å²) in [6.45, 7) is 7.09. The quantitative estimate of drug-likeness (QED) is 0.861. The third-order valence-electron chi connectivity index (χ3n) is 4.89. The largest absolute Gasteiger partial charge is 0.353 e. The lowest BCUT2D eigenvalue weighted by atomic mass is 10.1. The first kappa shape index (κ1) is 18.0. The highest BCUT2D eigenvalue weighted by Gasteiger charge is 2.30. The Hall–Kier alpha value is -2.82.